The van der Waals surface area contributed by atoms with Crippen molar-refractivity contribution >= 4 is 0 Å². The Kier molecular flexibility index (Phi) is 3.49. The van der Waals surface area contributed by atoms with Crippen LogP contribution in [-0.2, 0) is 13.5 Å². The van der Waals surface area contributed by atoms with Crippen molar-refractivity contribution in [1.82, 2.24) is 15.1 Å². The minimum absolute atomic E-state index is 0.693. The first kappa shape index (κ1) is 11.5. The highest BCUT2D eigenvalue weighted by molar-refractivity contribution is 5.25. The predicted molar refractivity (Wildman–Crippen MR) is 63.6 cm³/mol. The second-order valence-electron chi connectivity index (χ2n) is 4.72. The Bertz CT molecular complexity index is 348. The van der Waals surface area contributed by atoms with E-state index in [2.05, 4.69) is 17.3 Å². The highest BCUT2D eigenvalue weighted by Crippen LogP contribution is 2.26. The summed E-state index contributed by atoms with van der Waals surface area (Å²) in [6.07, 6.45) is 4.12. The smallest absolute Gasteiger partial charge is 0.159 e. The summed E-state index contributed by atoms with van der Waals surface area (Å²) in [6, 6.07) is 0. The average Bonchev–Trinajstić information content (AvgIpc) is 2.63. The van der Waals surface area contributed by atoms with E-state index in [0.717, 1.165) is 31.2 Å². The van der Waals surface area contributed by atoms with E-state index in [0.29, 0.717) is 5.92 Å². The molecule has 0 bridgehead atoms. The molecule has 90 valence electrons. The van der Waals surface area contributed by atoms with Crippen molar-refractivity contribution < 1.29 is 4.74 Å². The molecule has 4 nitrogen and oxygen atoms in total. The third-order valence-electron chi connectivity index (χ3n) is 3.69. The molecule has 1 fully saturated rings. The number of rotatable bonds is 3. The van der Waals surface area contributed by atoms with Gasteiger partial charge in [0.05, 0.1) is 19.0 Å². The number of aromatic nitrogens is 2. The lowest BCUT2D eigenvalue weighted by Crippen LogP contribution is -2.36. The van der Waals surface area contributed by atoms with Gasteiger partial charge >= 0.3 is 0 Å². The molecule has 4 heteroatoms. The molecule has 0 spiro atoms. The highest BCUT2D eigenvalue weighted by Gasteiger charge is 2.23. The zero-order valence-corrected chi connectivity index (χ0v) is 10.4. The van der Waals surface area contributed by atoms with Gasteiger partial charge in [0.1, 0.15) is 0 Å². The van der Waals surface area contributed by atoms with Crippen LogP contribution in [0.5, 0.6) is 5.75 Å². The quantitative estimate of drug-likeness (QED) is 0.837. The number of hydrogen-bond donors (Lipinski definition) is 1. The monoisotopic (exact) mass is 223 g/mol. The van der Waals surface area contributed by atoms with Crippen LogP contribution in [0.25, 0.3) is 0 Å². The maximum atomic E-state index is 5.34. The first-order valence-corrected chi connectivity index (χ1v) is 5.98. The molecular formula is C12H21N3O. The average molecular weight is 223 g/mol. The minimum atomic E-state index is 0.693. The van der Waals surface area contributed by atoms with Gasteiger partial charge in [-0.15, -0.1) is 0 Å². The summed E-state index contributed by atoms with van der Waals surface area (Å²) in [5.74, 6) is 2.39. The van der Waals surface area contributed by atoms with Gasteiger partial charge in [-0.2, -0.15) is 5.10 Å². The van der Waals surface area contributed by atoms with Gasteiger partial charge in [-0.3, -0.25) is 4.68 Å². The van der Waals surface area contributed by atoms with Crippen molar-refractivity contribution in [2.24, 2.45) is 18.9 Å². The molecule has 2 heterocycles. The van der Waals surface area contributed by atoms with Crippen LogP contribution in [0.15, 0.2) is 6.20 Å². The van der Waals surface area contributed by atoms with Crippen LogP contribution in [0.1, 0.15) is 19.0 Å². The number of nitrogens with one attached hydrogen (secondary N) is 1. The van der Waals surface area contributed by atoms with Crippen LogP contribution in [-0.4, -0.2) is 30.0 Å². The molecule has 0 saturated carbocycles. The molecule has 1 aromatic heterocycles. The molecule has 2 unspecified atom stereocenters. The molecule has 1 N–H and O–H groups in total. The first-order valence-electron chi connectivity index (χ1n) is 5.98. The summed E-state index contributed by atoms with van der Waals surface area (Å²) in [5.41, 5.74) is 1.21. The zero-order chi connectivity index (χ0) is 11.5. The molecule has 0 aromatic carbocycles. The lowest BCUT2D eigenvalue weighted by atomic mass is 9.85. The lowest BCUT2D eigenvalue weighted by molar-refractivity contribution is 0.266. The third-order valence-corrected chi connectivity index (χ3v) is 3.69. The van der Waals surface area contributed by atoms with E-state index in [1.54, 1.807) is 13.3 Å². The van der Waals surface area contributed by atoms with E-state index in [1.807, 2.05) is 11.7 Å². The second-order valence-corrected chi connectivity index (χ2v) is 4.72. The maximum Gasteiger partial charge on any atom is 0.159 e. The Morgan fingerprint density at radius 3 is 3.12 bits per heavy atom. The van der Waals surface area contributed by atoms with Crippen LogP contribution in [0, 0.1) is 11.8 Å². The van der Waals surface area contributed by atoms with Gasteiger partial charge < -0.3 is 10.1 Å². The Labute approximate surface area is 97.0 Å². The molecule has 1 aliphatic rings. The van der Waals surface area contributed by atoms with Crippen LogP contribution in [0.3, 0.4) is 0 Å². The van der Waals surface area contributed by atoms with Crippen LogP contribution in [0.2, 0.25) is 0 Å². The fourth-order valence-corrected chi connectivity index (χ4v) is 2.42. The summed E-state index contributed by atoms with van der Waals surface area (Å²) in [7, 11) is 3.70. The van der Waals surface area contributed by atoms with Crippen LogP contribution in [0.4, 0.5) is 0 Å². The van der Waals surface area contributed by atoms with Gasteiger partial charge in [0.2, 0.25) is 0 Å². The number of piperidine rings is 1. The Balaban J connectivity index is 2.09. The van der Waals surface area contributed by atoms with E-state index in [9.17, 15) is 0 Å². The predicted octanol–water partition coefficient (Wildman–Crippen LogP) is 1.22. The Morgan fingerprint density at radius 1 is 1.62 bits per heavy atom. The first-order chi connectivity index (χ1) is 7.72. The summed E-state index contributed by atoms with van der Waals surface area (Å²) >= 11 is 0. The molecule has 0 radical (unpaired) electrons. The van der Waals surface area contributed by atoms with Crippen molar-refractivity contribution in [1.29, 1.82) is 0 Å². The summed E-state index contributed by atoms with van der Waals surface area (Å²) < 4.78 is 7.27. The SMILES string of the molecule is COc1cnn(C)c1CC1CNCCC1C. The van der Waals surface area contributed by atoms with E-state index in [1.165, 1.54) is 12.1 Å². The highest BCUT2D eigenvalue weighted by atomic mass is 16.5. The van der Waals surface area contributed by atoms with Gasteiger partial charge in [0.15, 0.2) is 5.75 Å². The van der Waals surface area contributed by atoms with Crippen LogP contribution < -0.4 is 10.1 Å². The molecule has 0 aliphatic carbocycles. The van der Waals surface area contributed by atoms with Crippen molar-refractivity contribution in [2.45, 2.75) is 19.8 Å². The van der Waals surface area contributed by atoms with Gasteiger partial charge in [0, 0.05) is 7.05 Å². The van der Waals surface area contributed by atoms with E-state index >= 15 is 0 Å². The largest absolute Gasteiger partial charge is 0.493 e. The Morgan fingerprint density at radius 2 is 2.44 bits per heavy atom. The van der Waals surface area contributed by atoms with Crippen molar-refractivity contribution in [3.8, 4) is 5.75 Å². The molecule has 2 rings (SSSR count). The van der Waals surface area contributed by atoms with Gasteiger partial charge in [-0.25, -0.2) is 0 Å². The van der Waals surface area contributed by atoms with Crippen molar-refractivity contribution in [3.63, 3.8) is 0 Å². The summed E-state index contributed by atoms with van der Waals surface area (Å²) in [6.45, 7) is 4.60. The minimum Gasteiger partial charge on any atom is -0.493 e. The van der Waals surface area contributed by atoms with Crippen LogP contribution >= 0.6 is 0 Å². The van der Waals surface area contributed by atoms with Gasteiger partial charge in [0.25, 0.3) is 0 Å². The maximum absolute atomic E-state index is 5.34. The fraction of sp³-hybridized carbons (Fsp3) is 0.750. The molecule has 2 atom stereocenters. The van der Waals surface area contributed by atoms with E-state index in [-0.39, 0.29) is 0 Å². The summed E-state index contributed by atoms with van der Waals surface area (Å²) in [4.78, 5) is 0. The molecule has 0 amide bonds. The number of aryl methyl sites for hydroxylation is 1. The van der Waals surface area contributed by atoms with Crippen molar-refractivity contribution in [3.05, 3.63) is 11.9 Å². The topological polar surface area (TPSA) is 39.1 Å². The van der Waals surface area contributed by atoms with Crippen molar-refractivity contribution in [2.75, 3.05) is 20.2 Å². The molecule has 1 aromatic rings. The molecule has 16 heavy (non-hydrogen) atoms. The number of methoxy groups -OCH3 is 1. The van der Waals surface area contributed by atoms with Gasteiger partial charge in [-0.1, -0.05) is 6.92 Å². The van der Waals surface area contributed by atoms with E-state index in [4.69, 9.17) is 4.74 Å². The normalized spacial score (nSPS) is 25.7. The number of hydrogen-bond acceptors (Lipinski definition) is 3. The molecule has 1 aliphatic heterocycles. The molecule has 1 saturated heterocycles. The lowest BCUT2D eigenvalue weighted by Gasteiger charge is -2.29. The number of ether oxygens (including phenoxy) is 1. The second kappa shape index (κ2) is 4.87. The number of nitrogens with zero attached hydrogens (tertiary/aromatic N) is 2. The fourth-order valence-electron chi connectivity index (χ4n) is 2.42. The molecular weight excluding hydrogens is 202 g/mol. The van der Waals surface area contributed by atoms with E-state index < -0.39 is 0 Å². The Hall–Kier alpha value is -1.03. The standard InChI is InChI=1S/C12H21N3O/c1-9-4-5-13-7-10(9)6-11-12(16-3)8-14-15(11)2/h8-10,13H,4-7H2,1-3H3. The van der Waals surface area contributed by atoms with Gasteiger partial charge in [-0.05, 0) is 37.8 Å². The third kappa shape index (κ3) is 2.21. The summed E-state index contributed by atoms with van der Waals surface area (Å²) in [5, 5.41) is 7.71. The zero-order valence-electron chi connectivity index (χ0n) is 10.4.